The second kappa shape index (κ2) is 5.35. The lowest BCUT2D eigenvalue weighted by molar-refractivity contribution is -0.137. The first-order valence-corrected chi connectivity index (χ1v) is 5.20. The highest BCUT2D eigenvalue weighted by atomic mass is 16.5. The Labute approximate surface area is 95.4 Å². The molecule has 1 rings (SSSR count). The van der Waals surface area contributed by atoms with Gasteiger partial charge in [0.05, 0.1) is 6.61 Å². The number of rotatable bonds is 3. The molecule has 1 N–H and O–H groups in total. The minimum Gasteiger partial charge on any atom is -0.507 e. The number of phenolic OH excluding ortho intramolecular Hbond substituents is 1. The van der Waals surface area contributed by atoms with Crippen molar-refractivity contribution in [3.8, 4) is 5.75 Å². The van der Waals surface area contributed by atoms with Crippen molar-refractivity contribution in [2.75, 3.05) is 6.61 Å². The van der Waals surface area contributed by atoms with Crippen molar-refractivity contribution in [1.29, 1.82) is 0 Å². The number of carbonyl (C=O) groups is 1. The molecule has 0 amide bonds. The van der Waals surface area contributed by atoms with E-state index in [1.165, 1.54) is 6.08 Å². The molecule has 1 aromatic rings. The van der Waals surface area contributed by atoms with Gasteiger partial charge in [0.2, 0.25) is 0 Å². The van der Waals surface area contributed by atoms with Crippen molar-refractivity contribution in [3.63, 3.8) is 0 Å². The highest BCUT2D eigenvalue weighted by molar-refractivity contribution is 5.87. The molecule has 0 aliphatic rings. The van der Waals surface area contributed by atoms with Crippen LogP contribution < -0.4 is 0 Å². The van der Waals surface area contributed by atoms with Gasteiger partial charge >= 0.3 is 5.97 Å². The van der Waals surface area contributed by atoms with Gasteiger partial charge < -0.3 is 9.84 Å². The summed E-state index contributed by atoms with van der Waals surface area (Å²) < 4.78 is 4.77. The topological polar surface area (TPSA) is 46.5 Å². The van der Waals surface area contributed by atoms with Crippen molar-refractivity contribution in [2.24, 2.45) is 0 Å². The minimum atomic E-state index is -0.373. The van der Waals surface area contributed by atoms with Crippen LogP contribution in [0.25, 0.3) is 6.08 Å². The number of esters is 1. The van der Waals surface area contributed by atoms with Gasteiger partial charge in [0.1, 0.15) is 5.75 Å². The summed E-state index contributed by atoms with van der Waals surface area (Å²) in [5, 5.41) is 9.71. The first kappa shape index (κ1) is 12.3. The molecule has 0 bridgehead atoms. The number of hydrogen-bond donors (Lipinski definition) is 1. The summed E-state index contributed by atoms with van der Waals surface area (Å²) in [6.45, 7) is 5.77. The Morgan fingerprint density at radius 1 is 1.44 bits per heavy atom. The van der Waals surface area contributed by atoms with Crippen molar-refractivity contribution >= 4 is 12.0 Å². The molecule has 3 heteroatoms. The van der Waals surface area contributed by atoms with Crippen LogP contribution in [0.5, 0.6) is 5.75 Å². The number of ether oxygens (including phenoxy) is 1. The molecule has 0 spiro atoms. The zero-order chi connectivity index (χ0) is 12.1. The van der Waals surface area contributed by atoms with Gasteiger partial charge in [0.15, 0.2) is 0 Å². The number of aromatic hydroxyl groups is 1. The summed E-state index contributed by atoms with van der Waals surface area (Å²) in [5.41, 5.74) is 2.41. The summed E-state index contributed by atoms with van der Waals surface area (Å²) >= 11 is 0. The Bertz CT molecular complexity index is 419. The standard InChI is InChI=1S/C13H16O3/c1-4-16-12(14)8-7-11-6-5-9(2)13(15)10(11)3/h5-8,15H,4H2,1-3H3. The van der Waals surface area contributed by atoms with Crippen LogP contribution in [0.2, 0.25) is 0 Å². The first-order chi connectivity index (χ1) is 7.56. The number of aryl methyl sites for hydroxylation is 1. The van der Waals surface area contributed by atoms with Crippen molar-refractivity contribution in [1.82, 2.24) is 0 Å². The predicted molar refractivity (Wildman–Crippen MR) is 63.2 cm³/mol. The van der Waals surface area contributed by atoms with Gasteiger partial charge in [-0.25, -0.2) is 4.79 Å². The zero-order valence-electron chi connectivity index (χ0n) is 9.78. The van der Waals surface area contributed by atoms with E-state index in [-0.39, 0.29) is 11.7 Å². The molecule has 3 nitrogen and oxygen atoms in total. The van der Waals surface area contributed by atoms with E-state index in [1.807, 2.05) is 26.0 Å². The van der Waals surface area contributed by atoms with Crippen LogP contribution in [0.1, 0.15) is 23.6 Å². The van der Waals surface area contributed by atoms with Crippen molar-refractivity contribution in [2.45, 2.75) is 20.8 Å². The molecule has 0 saturated carbocycles. The van der Waals surface area contributed by atoms with Crippen LogP contribution in [0.4, 0.5) is 0 Å². The molecular weight excluding hydrogens is 204 g/mol. The summed E-state index contributed by atoms with van der Waals surface area (Å²) in [6.07, 6.45) is 3.01. The average Bonchev–Trinajstić information content (AvgIpc) is 2.25. The van der Waals surface area contributed by atoms with Crippen LogP contribution in [0.15, 0.2) is 18.2 Å². The maximum atomic E-state index is 11.1. The van der Waals surface area contributed by atoms with Gasteiger partial charge in [0, 0.05) is 6.08 Å². The van der Waals surface area contributed by atoms with E-state index < -0.39 is 0 Å². The van der Waals surface area contributed by atoms with E-state index in [1.54, 1.807) is 13.0 Å². The van der Waals surface area contributed by atoms with Gasteiger partial charge in [-0.1, -0.05) is 12.1 Å². The average molecular weight is 220 g/mol. The molecule has 0 atom stereocenters. The third-order valence-corrected chi connectivity index (χ3v) is 2.36. The Morgan fingerprint density at radius 2 is 2.12 bits per heavy atom. The molecule has 0 aliphatic heterocycles. The van der Waals surface area contributed by atoms with Crippen LogP contribution in [0, 0.1) is 13.8 Å². The molecule has 86 valence electrons. The van der Waals surface area contributed by atoms with Gasteiger partial charge in [-0.2, -0.15) is 0 Å². The smallest absolute Gasteiger partial charge is 0.330 e. The lowest BCUT2D eigenvalue weighted by Gasteiger charge is -2.06. The summed E-state index contributed by atoms with van der Waals surface area (Å²) in [7, 11) is 0. The Kier molecular flexibility index (Phi) is 4.11. The maximum absolute atomic E-state index is 11.1. The van der Waals surface area contributed by atoms with Crippen LogP contribution >= 0.6 is 0 Å². The van der Waals surface area contributed by atoms with Gasteiger partial charge in [-0.3, -0.25) is 0 Å². The van der Waals surface area contributed by atoms with Crippen LogP contribution in [-0.2, 0) is 9.53 Å². The largest absolute Gasteiger partial charge is 0.507 e. The quantitative estimate of drug-likeness (QED) is 0.629. The normalized spacial score (nSPS) is 10.7. The fraction of sp³-hybridized carbons (Fsp3) is 0.308. The van der Waals surface area contributed by atoms with Crippen molar-refractivity contribution in [3.05, 3.63) is 34.9 Å². The predicted octanol–water partition coefficient (Wildman–Crippen LogP) is 2.59. The Hall–Kier alpha value is -1.77. The Balaban J connectivity index is 2.90. The van der Waals surface area contributed by atoms with Gasteiger partial charge in [0.25, 0.3) is 0 Å². The monoisotopic (exact) mass is 220 g/mol. The number of phenols is 1. The van der Waals surface area contributed by atoms with E-state index in [0.717, 1.165) is 16.7 Å². The molecule has 1 aromatic carbocycles. The Morgan fingerprint density at radius 3 is 2.75 bits per heavy atom. The second-order valence-corrected chi connectivity index (χ2v) is 3.53. The maximum Gasteiger partial charge on any atom is 0.330 e. The fourth-order valence-corrected chi connectivity index (χ4v) is 1.38. The van der Waals surface area contributed by atoms with E-state index >= 15 is 0 Å². The summed E-state index contributed by atoms with van der Waals surface area (Å²) in [6, 6.07) is 3.67. The van der Waals surface area contributed by atoms with E-state index in [9.17, 15) is 9.90 Å². The lowest BCUT2D eigenvalue weighted by Crippen LogP contribution is -1.98. The van der Waals surface area contributed by atoms with Crippen LogP contribution in [-0.4, -0.2) is 17.7 Å². The highest BCUT2D eigenvalue weighted by Gasteiger charge is 2.04. The molecule has 0 fully saturated rings. The minimum absolute atomic E-state index is 0.269. The van der Waals surface area contributed by atoms with Crippen molar-refractivity contribution < 1.29 is 14.6 Å². The lowest BCUT2D eigenvalue weighted by atomic mass is 10.0. The molecule has 0 aliphatic carbocycles. The third-order valence-electron chi connectivity index (χ3n) is 2.36. The number of carbonyl (C=O) groups excluding carboxylic acids is 1. The molecule has 0 unspecified atom stereocenters. The highest BCUT2D eigenvalue weighted by Crippen LogP contribution is 2.25. The molecule has 0 saturated heterocycles. The molecule has 0 radical (unpaired) electrons. The van der Waals surface area contributed by atoms with Crippen LogP contribution in [0.3, 0.4) is 0 Å². The second-order valence-electron chi connectivity index (χ2n) is 3.53. The molecule has 0 heterocycles. The number of benzene rings is 1. The first-order valence-electron chi connectivity index (χ1n) is 5.20. The molecule has 16 heavy (non-hydrogen) atoms. The summed E-state index contributed by atoms with van der Waals surface area (Å²) in [5.74, 6) is -0.104. The molecule has 0 aromatic heterocycles. The van der Waals surface area contributed by atoms with E-state index in [0.29, 0.717) is 6.61 Å². The third kappa shape index (κ3) is 2.86. The fourth-order valence-electron chi connectivity index (χ4n) is 1.38. The van der Waals surface area contributed by atoms with E-state index in [2.05, 4.69) is 0 Å². The zero-order valence-corrected chi connectivity index (χ0v) is 9.78. The van der Waals surface area contributed by atoms with Gasteiger partial charge in [-0.15, -0.1) is 0 Å². The summed E-state index contributed by atoms with van der Waals surface area (Å²) in [4.78, 5) is 11.1. The SMILES string of the molecule is CCOC(=O)C=Cc1ccc(C)c(O)c1C. The van der Waals surface area contributed by atoms with Gasteiger partial charge in [-0.05, 0) is 43.5 Å². The molecular formula is C13H16O3. The number of hydrogen-bond acceptors (Lipinski definition) is 3. The van der Waals surface area contributed by atoms with E-state index in [4.69, 9.17) is 4.74 Å².